The third-order valence-corrected chi connectivity index (χ3v) is 7.01. The predicted molar refractivity (Wildman–Crippen MR) is 148 cm³/mol. The zero-order valence-electron chi connectivity index (χ0n) is 22.3. The molecular formula is C29H36AcN7-. The van der Waals surface area contributed by atoms with Gasteiger partial charge in [0.15, 0.2) is 17.0 Å². The van der Waals surface area contributed by atoms with E-state index in [-0.39, 0.29) is 56.1 Å². The second kappa shape index (κ2) is 12.2. The van der Waals surface area contributed by atoms with Crippen molar-refractivity contribution in [1.82, 2.24) is 19.5 Å². The number of hydrogen-bond donors (Lipinski definition) is 2. The Hall–Kier alpha value is -2.01. The molecule has 191 valence electrons. The zero-order chi connectivity index (χ0) is 25.2. The van der Waals surface area contributed by atoms with E-state index in [4.69, 9.17) is 15.7 Å². The Morgan fingerprint density at radius 3 is 2.27 bits per heavy atom. The minimum absolute atomic E-state index is 0. The van der Waals surface area contributed by atoms with Crippen molar-refractivity contribution in [3.05, 3.63) is 71.2 Å². The first-order valence-corrected chi connectivity index (χ1v) is 13.0. The van der Waals surface area contributed by atoms with Crippen LogP contribution in [-0.2, 0) is 6.54 Å². The fourth-order valence-corrected chi connectivity index (χ4v) is 5.04. The van der Waals surface area contributed by atoms with E-state index >= 15 is 0 Å². The molecular weight excluding hydrogens is 673 g/mol. The number of nitrogens with one attached hydrogen (secondary N) is 3. The summed E-state index contributed by atoms with van der Waals surface area (Å²) in [4.78, 5) is 14.3. The van der Waals surface area contributed by atoms with Crippen LogP contribution in [0, 0.1) is 57.9 Å². The Morgan fingerprint density at radius 1 is 0.946 bits per heavy atom. The van der Waals surface area contributed by atoms with Gasteiger partial charge in [0.25, 0.3) is 0 Å². The van der Waals surface area contributed by atoms with Crippen LogP contribution in [0.5, 0.6) is 0 Å². The predicted octanol–water partition coefficient (Wildman–Crippen LogP) is 7.08. The fraction of sp³-hybridized carbons (Fsp3) is 0.414. The summed E-state index contributed by atoms with van der Waals surface area (Å²) in [6.07, 6.45) is 5.66. The largest absolute Gasteiger partial charge is 0.675 e. The maximum atomic E-state index is 7.97. The summed E-state index contributed by atoms with van der Waals surface area (Å²) >= 11 is 0. The molecule has 1 radical (unpaired) electrons. The van der Waals surface area contributed by atoms with E-state index in [0.717, 1.165) is 42.7 Å². The maximum Gasteiger partial charge on any atom is 0.227 e. The molecule has 1 fully saturated rings. The first kappa shape index (κ1) is 28.0. The van der Waals surface area contributed by atoms with E-state index in [0.29, 0.717) is 18.5 Å². The van der Waals surface area contributed by atoms with Crippen molar-refractivity contribution in [3.8, 4) is 11.1 Å². The van der Waals surface area contributed by atoms with Gasteiger partial charge in [0.1, 0.15) is 0 Å². The van der Waals surface area contributed by atoms with Crippen molar-refractivity contribution < 1.29 is 44.1 Å². The van der Waals surface area contributed by atoms with Gasteiger partial charge < -0.3 is 20.9 Å². The van der Waals surface area contributed by atoms with Crippen LogP contribution in [-0.4, -0.2) is 31.6 Å². The van der Waals surface area contributed by atoms with E-state index in [1.165, 1.54) is 27.8 Å². The Labute approximate surface area is 255 Å². The van der Waals surface area contributed by atoms with Gasteiger partial charge in [0, 0.05) is 62.7 Å². The second-order valence-electron chi connectivity index (χ2n) is 10.4. The minimum Gasteiger partial charge on any atom is -0.675 e. The van der Waals surface area contributed by atoms with Crippen molar-refractivity contribution in [3.63, 3.8) is 0 Å². The molecule has 0 atom stereocenters. The number of fused-ring (bicyclic) bond motifs is 1. The third kappa shape index (κ3) is 6.71. The molecule has 37 heavy (non-hydrogen) atoms. The Bertz CT molecular complexity index is 1320. The van der Waals surface area contributed by atoms with Crippen LogP contribution in [0.3, 0.4) is 0 Å². The van der Waals surface area contributed by atoms with Crippen molar-refractivity contribution in [2.24, 2.45) is 0 Å². The van der Waals surface area contributed by atoms with Gasteiger partial charge in [-0.2, -0.15) is 9.97 Å². The monoisotopic (exact) mass is 709 g/mol. The fourth-order valence-electron chi connectivity index (χ4n) is 5.04. The number of aryl methyl sites for hydroxylation is 2. The smallest absolute Gasteiger partial charge is 0.227 e. The molecule has 1 aliphatic carbocycles. The number of imidazole rings is 1. The molecule has 3 N–H and O–H groups in total. The van der Waals surface area contributed by atoms with Crippen molar-refractivity contribution in [2.45, 2.75) is 78.0 Å². The standard InChI is InChI=1S/C29H36N7.Ac/c1-18(2)36-17-32-26-27(34-29(35-28(26)36)33-25-11-9-24(30)10-12-25)31-16-21-5-7-22(8-6-21)23-14-19(3)13-20(4)15-23;/h5-8,13-15,17-18,24-25,30H,9-12,16H2,1-4H3,(H2,31,33,34,35);/q-1;. The van der Waals surface area contributed by atoms with Gasteiger partial charge in [-0.05, 0) is 57.2 Å². The van der Waals surface area contributed by atoms with E-state index in [1.54, 1.807) is 0 Å². The van der Waals surface area contributed by atoms with Gasteiger partial charge >= 0.3 is 0 Å². The van der Waals surface area contributed by atoms with Crippen LogP contribution in [0.25, 0.3) is 28.0 Å². The number of nitrogens with zero attached hydrogens (tertiary/aromatic N) is 4. The maximum absolute atomic E-state index is 7.97. The SMILES string of the molecule is Cc1cc(C)cc(-c2ccc(CNc3nc(NC4CCC([NH-])CC4)nc4c3ncn4C(C)C)cc2)c1.[Ac]. The number of hydrogen-bond acceptors (Lipinski definition) is 5. The number of benzene rings is 2. The molecule has 4 aromatic rings. The van der Waals surface area contributed by atoms with Crippen LogP contribution in [0.4, 0.5) is 11.8 Å². The van der Waals surface area contributed by atoms with Crippen LogP contribution in [0.15, 0.2) is 48.8 Å². The van der Waals surface area contributed by atoms with Crippen LogP contribution < -0.4 is 10.6 Å². The Balaban J connectivity index is 0.00000320. The first-order valence-electron chi connectivity index (χ1n) is 13.0. The average molecular weight is 710 g/mol. The van der Waals surface area contributed by atoms with Gasteiger partial charge in [-0.15, -0.1) is 6.04 Å². The van der Waals surface area contributed by atoms with Crippen LogP contribution in [0.2, 0.25) is 0 Å². The molecule has 5 rings (SSSR count). The molecule has 1 saturated carbocycles. The topological polar surface area (TPSA) is 91.5 Å². The van der Waals surface area contributed by atoms with E-state index in [2.05, 4.69) is 90.3 Å². The number of anilines is 2. The van der Waals surface area contributed by atoms with E-state index < -0.39 is 0 Å². The summed E-state index contributed by atoms with van der Waals surface area (Å²) in [5.74, 6) is 1.38. The van der Waals surface area contributed by atoms with Gasteiger partial charge in [-0.3, -0.25) is 0 Å². The van der Waals surface area contributed by atoms with E-state index in [1.807, 2.05) is 6.33 Å². The second-order valence-corrected chi connectivity index (χ2v) is 10.4. The van der Waals surface area contributed by atoms with E-state index in [9.17, 15) is 0 Å². The summed E-state index contributed by atoms with van der Waals surface area (Å²) in [7, 11) is 0. The van der Waals surface area contributed by atoms with Crippen molar-refractivity contribution in [1.29, 1.82) is 0 Å². The summed E-state index contributed by atoms with van der Waals surface area (Å²) in [6, 6.07) is 16.0. The Kier molecular flexibility index (Phi) is 9.26. The van der Waals surface area contributed by atoms with Crippen LogP contribution in [0.1, 0.15) is 62.3 Å². The molecule has 0 bridgehead atoms. The van der Waals surface area contributed by atoms with Gasteiger partial charge in [0.05, 0.1) is 6.33 Å². The van der Waals surface area contributed by atoms with Gasteiger partial charge in [-0.1, -0.05) is 66.4 Å². The molecule has 2 aromatic heterocycles. The minimum atomic E-state index is 0. The summed E-state index contributed by atoms with van der Waals surface area (Å²) < 4.78 is 2.09. The normalized spacial score (nSPS) is 17.6. The molecule has 0 saturated heterocycles. The van der Waals surface area contributed by atoms with Gasteiger partial charge in [0.2, 0.25) is 5.95 Å². The molecule has 2 aromatic carbocycles. The van der Waals surface area contributed by atoms with Crippen molar-refractivity contribution >= 4 is 22.9 Å². The molecule has 2 heterocycles. The summed E-state index contributed by atoms with van der Waals surface area (Å²) in [5, 5.41) is 7.06. The average Bonchev–Trinajstić information content (AvgIpc) is 3.28. The van der Waals surface area contributed by atoms with Crippen molar-refractivity contribution in [2.75, 3.05) is 10.6 Å². The third-order valence-electron chi connectivity index (χ3n) is 7.01. The number of rotatable bonds is 7. The molecule has 8 heteroatoms. The summed E-state index contributed by atoms with van der Waals surface area (Å²) in [5.41, 5.74) is 15.8. The quantitative estimate of drug-likeness (QED) is 0.214. The van der Waals surface area contributed by atoms with Gasteiger partial charge in [-0.25, -0.2) is 4.98 Å². The molecule has 0 amide bonds. The molecule has 0 unspecified atom stereocenters. The Morgan fingerprint density at radius 2 is 1.62 bits per heavy atom. The van der Waals surface area contributed by atoms with Crippen LogP contribution >= 0.6 is 0 Å². The first-order chi connectivity index (χ1) is 17.4. The number of aromatic nitrogens is 4. The summed E-state index contributed by atoms with van der Waals surface area (Å²) in [6.45, 7) is 9.20. The molecule has 0 aliphatic heterocycles. The molecule has 1 aliphatic rings. The molecule has 7 nitrogen and oxygen atoms in total. The zero-order valence-corrected chi connectivity index (χ0v) is 27.0. The molecule has 0 spiro atoms.